The van der Waals surface area contributed by atoms with E-state index in [4.69, 9.17) is 9.47 Å². The molecule has 1 aliphatic heterocycles. The van der Waals surface area contributed by atoms with Gasteiger partial charge < -0.3 is 19.5 Å². The van der Waals surface area contributed by atoms with Gasteiger partial charge in [-0.15, -0.1) is 0 Å². The van der Waals surface area contributed by atoms with Gasteiger partial charge in [-0.3, -0.25) is 10.1 Å². The van der Waals surface area contributed by atoms with E-state index in [0.717, 1.165) is 13.8 Å². The number of amides is 1. The highest BCUT2D eigenvalue weighted by Crippen LogP contribution is 2.35. The predicted octanol–water partition coefficient (Wildman–Crippen LogP) is 4.09. The molecule has 0 unspecified atom stereocenters. The standard InChI is InChI=1S/C18H23F3N2O5/c1-4-26-15(24)8-6-12-10-22-13-9-11(5-7-14(13)27-12)23-16(25)28-17(2,3)18(19,20)21/h5,7,9,12,22H,4,6,8,10H2,1-3H3,(H,23,25)/t12-/m0/s1. The summed E-state index contributed by atoms with van der Waals surface area (Å²) in [6.45, 7) is 4.03. The van der Waals surface area contributed by atoms with Gasteiger partial charge in [0.2, 0.25) is 5.60 Å². The Morgan fingerprint density at radius 3 is 2.68 bits per heavy atom. The van der Waals surface area contributed by atoms with E-state index in [9.17, 15) is 22.8 Å². The highest BCUT2D eigenvalue weighted by molar-refractivity contribution is 5.86. The van der Waals surface area contributed by atoms with Crippen LogP contribution >= 0.6 is 0 Å². The van der Waals surface area contributed by atoms with Gasteiger partial charge in [0.15, 0.2) is 0 Å². The second-order valence-electron chi connectivity index (χ2n) is 6.70. The molecule has 7 nitrogen and oxygen atoms in total. The Kier molecular flexibility index (Phi) is 6.63. The molecule has 1 heterocycles. The zero-order valence-corrected chi connectivity index (χ0v) is 15.8. The second kappa shape index (κ2) is 8.57. The number of carbonyl (C=O) groups is 2. The van der Waals surface area contributed by atoms with Crippen molar-refractivity contribution in [1.29, 1.82) is 0 Å². The van der Waals surface area contributed by atoms with Crippen LogP contribution in [0.3, 0.4) is 0 Å². The third kappa shape index (κ3) is 5.67. The molecule has 1 aromatic carbocycles. The summed E-state index contributed by atoms with van der Waals surface area (Å²) in [7, 11) is 0. The number of alkyl halides is 3. The van der Waals surface area contributed by atoms with E-state index >= 15 is 0 Å². The van der Waals surface area contributed by atoms with Crippen LogP contribution < -0.4 is 15.4 Å². The normalized spacial score (nSPS) is 16.3. The Labute approximate surface area is 160 Å². The van der Waals surface area contributed by atoms with Gasteiger partial charge in [-0.2, -0.15) is 13.2 Å². The summed E-state index contributed by atoms with van der Waals surface area (Å²) in [5.41, 5.74) is -1.79. The van der Waals surface area contributed by atoms with Gasteiger partial charge in [-0.1, -0.05) is 0 Å². The fourth-order valence-electron chi connectivity index (χ4n) is 2.40. The molecule has 0 saturated carbocycles. The first kappa shape index (κ1) is 21.6. The minimum atomic E-state index is -4.69. The van der Waals surface area contributed by atoms with Crippen molar-refractivity contribution in [3.63, 3.8) is 0 Å². The van der Waals surface area contributed by atoms with Crippen molar-refractivity contribution in [3.8, 4) is 5.75 Å². The first-order chi connectivity index (χ1) is 13.0. The maximum Gasteiger partial charge on any atom is 0.427 e. The lowest BCUT2D eigenvalue weighted by atomic mass is 10.1. The maximum absolute atomic E-state index is 12.8. The van der Waals surface area contributed by atoms with Crippen molar-refractivity contribution >= 4 is 23.4 Å². The van der Waals surface area contributed by atoms with Crippen LogP contribution in [0.15, 0.2) is 18.2 Å². The summed E-state index contributed by atoms with van der Waals surface area (Å²) >= 11 is 0. The van der Waals surface area contributed by atoms with Crippen LogP contribution in [-0.2, 0) is 14.3 Å². The van der Waals surface area contributed by atoms with E-state index in [1.165, 1.54) is 12.1 Å². The molecule has 2 rings (SSSR count). The molecule has 1 amide bonds. The van der Waals surface area contributed by atoms with Crippen LogP contribution in [0.25, 0.3) is 0 Å². The summed E-state index contributed by atoms with van der Waals surface area (Å²) in [4.78, 5) is 23.2. The van der Waals surface area contributed by atoms with Crippen molar-refractivity contribution < 1.29 is 37.0 Å². The number of carbonyl (C=O) groups excluding carboxylic acids is 2. The molecule has 0 spiro atoms. The average Bonchev–Trinajstić information content (AvgIpc) is 2.58. The van der Waals surface area contributed by atoms with Crippen LogP contribution in [0.4, 0.5) is 29.3 Å². The number of hydrogen-bond donors (Lipinski definition) is 2. The van der Waals surface area contributed by atoms with E-state index in [1.54, 1.807) is 13.0 Å². The fraction of sp³-hybridized carbons (Fsp3) is 0.556. The highest BCUT2D eigenvalue weighted by Gasteiger charge is 2.51. The van der Waals surface area contributed by atoms with E-state index in [0.29, 0.717) is 31.0 Å². The predicted molar refractivity (Wildman–Crippen MR) is 95.5 cm³/mol. The number of benzene rings is 1. The van der Waals surface area contributed by atoms with Crippen LogP contribution in [0.2, 0.25) is 0 Å². The minimum absolute atomic E-state index is 0.228. The number of ether oxygens (including phenoxy) is 3. The highest BCUT2D eigenvalue weighted by atomic mass is 19.4. The van der Waals surface area contributed by atoms with E-state index in [2.05, 4.69) is 15.4 Å². The van der Waals surface area contributed by atoms with Crippen molar-refractivity contribution in [3.05, 3.63) is 18.2 Å². The molecular formula is C18H23F3N2O5. The quantitative estimate of drug-likeness (QED) is 0.695. The summed E-state index contributed by atoms with van der Waals surface area (Å²) in [6, 6.07) is 4.58. The minimum Gasteiger partial charge on any atom is -0.486 e. The Morgan fingerprint density at radius 2 is 2.04 bits per heavy atom. The van der Waals surface area contributed by atoms with Crippen LogP contribution in [0.5, 0.6) is 5.75 Å². The molecule has 1 aromatic rings. The van der Waals surface area contributed by atoms with E-state index in [1.807, 2.05) is 0 Å². The van der Waals surface area contributed by atoms with Gasteiger partial charge in [0, 0.05) is 12.1 Å². The molecule has 0 aromatic heterocycles. The molecule has 0 saturated heterocycles. The monoisotopic (exact) mass is 404 g/mol. The molecule has 10 heteroatoms. The number of anilines is 2. The lowest BCUT2D eigenvalue weighted by molar-refractivity contribution is -0.242. The molecule has 0 aliphatic carbocycles. The molecule has 2 N–H and O–H groups in total. The Bertz CT molecular complexity index is 722. The van der Waals surface area contributed by atoms with Crippen molar-refractivity contribution in [1.82, 2.24) is 0 Å². The van der Waals surface area contributed by atoms with Crippen molar-refractivity contribution in [2.75, 3.05) is 23.8 Å². The van der Waals surface area contributed by atoms with Crippen molar-refractivity contribution in [2.45, 2.75) is 51.5 Å². The lowest BCUT2D eigenvalue weighted by Crippen LogP contribution is -2.44. The van der Waals surface area contributed by atoms with Gasteiger partial charge in [0.05, 0.1) is 18.8 Å². The third-order valence-corrected chi connectivity index (χ3v) is 4.05. The smallest absolute Gasteiger partial charge is 0.427 e. The zero-order valence-electron chi connectivity index (χ0n) is 15.8. The second-order valence-corrected chi connectivity index (χ2v) is 6.70. The first-order valence-corrected chi connectivity index (χ1v) is 8.78. The Balaban J connectivity index is 1.93. The molecule has 0 bridgehead atoms. The van der Waals surface area contributed by atoms with Gasteiger partial charge in [-0.25, -0.2) is 4.79 Å². The van der Waals surface area contributed by atoms with Gasteiger partial charge in [-0.05, 0) is 45.4 Å². The number of hydrogen-bond acceptors (Lipinski definition) is 6. The number of esters is 1. The SMILES string of the molecule is CCOC(=O)CC[C@H]1CNc2cc(NC(=O)OC(C)(C)C(F)(F)F)ccc2O1. The van der Waals surface area contributed by atoms with E-state index in [-0.39, 0.29) is 24.2 Å². The number of halogens is 3. The maximum atomic E-state index is 12.8. The van der Waals surface area contributed by atoms with Gasteiger partial charge >= 0.3 is 18.2 Å². The molecule has 28 heavy (non-hydrogen) atoms. The van der Waals surface area contributed by atoms with Crippen molar-refractivity contribution in [2.24, 2.45) is 0 Å². The van der Waals surface area contributed by atoms with Crippen LogP contribution in [0, 0.1) is 0 Å². The fourth-order valence-corrected chi connectivity index (χ4v) is 2.40. The zero-order chi connectivity index (χ0) is 20.9. The molecule has 0 radical (unpaired) electrons. The lowest BCUT2D eigenvalue weighted by Gasteiger charge is -2.28. The Morgan fingerprint density at radius 1 is 1.32 bits per heavy atom. The van der Waals surface area contributed by atoms with Crippen LogP contribution in [-0.4, -0.2) is 43.1 Å². The summed E-state index contributed by atoms with van der Waals surface area (Å²) < 4.78 is 53.5. The average molecular weight is 404 g/mol. The number of nitrogens with one attached hydrogen (secondary N) is 2. The molecule has 1 aliphatic rings. The van der Waals surface area contributed by atoms with Gasteiger partial charge in [0.25, 0.3) is 0 Å². The summed E-state index contributed by atoms with van der Waals surface area (Å²) in [5, 5.41) is 5.37. The largest absolute Gasteiger partial charge is 0.486 e. The molecule has 1 atom stereocenters. The summed E-state index contributed by atoms with van der Waals surface area (Å²) in [6.07, 6.45) is -5.42. The Hall–Kier alpha value is -2.65. The summed E-state index contributed by atoms with van der Waals surface area (Å²) in [5.74, 6) is 0.214. The van der Waals surface area contributed by atoms with Gasteiger partial charge in [0.1, 0.15) is 11.9 Å². The number of rotatable bonds is 6. The van der Waals surface area contributed by atoms with E-state index < -0.39 is 17.9 Å². The topological polar surface area (TPSA) is 85.9 Å². The third-order valence-electron chi connectivity index (χ3n) is 4.05. The molecule has 156 valence electrons. The number of fused-ring (bicyclic) bond motifs is 1. The molecular weight excluding hydrogens is 381 g/mol. The van der Waals surface area contributed by atoms with Crippen LogP contribution in [0.1, 0.15) is 33.6 Å². The molecule has 0 fully saturated rings. The first-order valence-electron chi connectivity index (χ1n) is 8.78.